The van der Waals surface area contributed by atoms with Crippen molar-refractivity contribution < 1.29 is 14.3 Å². The number of nitrogens with one attached hydrogen (secondary N) is 1. The molecular weight excluding hydrogens is 410 g/mol. The highest BCUT2D eigenvalue weighted by Gasteiger charge is 2.27. The molecule has 3 heterocycles. The van der Waals surface area contributed by atoms with Crippen LogP contribution in [-0.4, -0.2) is 61.1 Å². The Hall–Kier alpha value is -3.69. The molecule has 32 heavy (non-hydrogen) atoms. The van der Waals surface area contributed by atoms with Crippen LogP contribution in [0, 0.1) is 6.92 Å². The summed E-state index contributed by atoms with van der Waals surface area (Å²) in [5, 5.41) is 15.5. The van der Waals surface area contributed by atoms with Gasteiger partial charge in [-0.1, -0.05) is 6.07 Å². The summed E-state index contributed by atoms with van der Waals surface area (Å²) in [6.07, 6.45) is 5.07. The molecule has 10 heteroatoms. The summed E-state index contributed by atoms with van der Waals surface area (Å²) < 4.78 is 8.65. The van der Waals surface area contributed by atoms with Crippen molar-refractivity contribution in [2.75, 3.05) is 25.0 Å². The Morgan fingerprint density at radius 3 is 2.91 bits per heavy atom. The average Bonchev–Trinajstić information content (AvgIpc) is 3.39. The fourth-order valence-corrected chi connectivity index (χ4v) is 4.03. The van der Waals surface area contributed by atoms with Crippen LogP contribution < -0.4 is 5.32 Å². The maximum absolute atomic E-state index is 12.9. The van der Waals surface area contributed by atoms with Crippen LogP contribution >= 0.6 is 0 Å². The number of carbonyl (C=O) groups excluding carboxylic acids is 2. The van der Waals surface area contributed by atoms with Crippen LogP contribution in [0.2, 0.25) is 0 Å². The number of aromatic nitrogens is 5. The molecule has 1 N–H and O–H groups in total. The Bertz CT molecular complexity index is 1120. The molecule has 0 saturated carbocycles. The molecule has 2 amide bonds. The number of anilines is 1. The van der Waals surface area contributed by atoms with Gasteiger partial charge >= 0.3 is 12.0 Å². The lowest BCUT2D eigenvalue weighted by molar-refractivity contribution is 0.0525. The van der Waals surface area contributed by atoms with Gasteiger partial charge in [-0.25, -0.2) is 14.3 Å². The number of piperidine rings is 1. The monoisotopic (exact) mass is 437 g/mol. The number of esters is 1. The molecule has 4 rings (SSSR count). The Kier molecular flexibility index (Phi) is 6.20. The number of rotatable bonds is 5. The van der Waals surface area contributed by atoms with E-state index in [2.05, 4.69) is 20.6 Å². The van der Waals surface area contributed by atoms with Crippen molar-refractivity contribution in [1.29, 1.82) is 0 Å². The lowest BCUT2D eigenvalue weighted by Crippen LogP contribution is -2.42. The van der Waals surface area contributed by atoms with Crippen LogP contribution in [0.1, 0.15) is 47.6 Å². The molecule has 10 nitrogen and oxygen atoms in total. The number of likely N-dealkylation sites (tertiary alicyclic amines) is 1. The maximum Gasteiger partial charge on any atom is 0.341 e. The van der Waals surface area contributed by atoms with Crippen molar-refractivity contribution in [3.8, 4) is 5.69 Å². The number of aryl methyl sites for hydroxylation is 1. The predicted molar refractivity (Wildman–Crippen MR) is 118 cm³/mol. The number of ether oxygens (including phenoxy) is 1. The van der Waals surface area contributed by atoms with E-state index in [1.807, 2.05) is 47.7 Å². The minimum atomic E-state index is -0.400. The maximum atomic E-state index is 12.9. The zero-order valence-electron chi connectivity index (χ0n) is 18.5. The summed E-state index contributed by atoms with van der Waals surface area (Å²) >= 11 is 0. The van der Waals surface area contributed by atoms with Gasteiger partial charge in [0, 0.05) is 31.7 Å². The van der Waals surface area contributed by atoms with Crippen LogP contribution in [0.4, 0.5) is 10.5 Å². The third-order valence-electron chi connectivity index (χ3n) is 5.67. The molecule has 2 aromatic heterocycles. The molecule has 0 radical (unpaired) electrons. The molecule has 1 atom stereocenters. The van der Waals surface area contributed by atoms with Gasteiger partial charge in [0.05, 0.1) is 24.2 Å². The molecule has 0 aliphatic carbocycles. The Morgan fingerprint density at radius 2 is 2.16 bits per heavy atom. The van der Waals surface area contributed by atoms with Crippen molar-refractivity contribution in [1.82, 2.24) is 29.4 Å². The molecular formula is C22H27N7O3. The summed E-state index contributed by atoms with van der Waals surface area (Å²) in [6.45, 7) is 5.17. The van der Waals surface area contributed by atoms with Gasteiger partial charge in [-0.05, 0) is 44.9 Å². The van der Waals surface area contributed by atoms with E-state index < -0.39 is 5.97 Å². The smallest absolute Gasteiger partial charge is 0.341 e. The molecule has 1 aliphatic rings. The molecule has 1 aliphatic heterocycles. The lowest BCUT2D eigenvalue weighted by atomic mass is 9.97. The van der Waals surface area contributed by atoms with Gasteiger partial charge in [-0.3, -0.25) is 0 Å². The summed E-state index contributed by atoms with van der Waals surface area (Å²) in [4.78, 5) is 26.8. The second-order valence-corrected chi connectivity index (χ2v) is 7.84. The minimum absolute atomic E-state index is 0.154. The van der Waals surface area contributed by atoms with E-state index in [0.29, 0.717) is 36.6 Å². The molecule has 1 saturated heterocycles. The number of urea groups is 1. The van der Waals surface area contributed by atoms with Crippen LogP contribution in [0.25, 0.3) is 5.69 Å². The van der Waals surface area contributed by atoms with Crippen molar-refractivity contribution >= 4 is 17.7 Å². The predicted octanol–water partition coefficient (Wildman–Crippen LogP) is 2.90. The zero-order valence-corrected chi connectivity index (χ0v) is 18.5. The summed E-state index contributed by atoms with van der Waals surface area (Å²) in [6, 6.07) is 7.22. The highest BCUT2D eigenvalue weighted by atomic mass is 16.5. The molecule has 1 aromatic carbocycles. The van der Waals surface area contributed by atoms with Crippen LogP contribution in [0.15, 0.2) is 36.8 Å². The van der Waals surface area contributed by atoms with Crippen molar-refractivity contribution in [3.63, 3.8) is 0 Å². The largest absolute Gasteiger partial charge is 0.462 e. The number of amides is 2. The standard InChI is InChI=1S/C22H27N7O3/c1-4-32-21(30)19-12-24-29(15(19)2)18-9-5-8-17(11-18)25-22(31)28-10-6-7-16(13-28)20-26-23-14-27(20)3/h5,8-9,11-12,14,16H,4,6-7,10,13H2,1-3H3,(H,25,31)/t16-/m0/s1. The fraction of sp³-hybridized carbons (Fsp3) is 0.409. The first-order valence-electron chi connectivity index (χ1n) is 10.7. The molecule has 0 bridgehead atoms. The average molecular weight is 438 g/mol. The van der Waals surface area contributed by atoms with Crippen molar-refractivity contribution in [2.45, 2.75) is 32.6 Å². The van der Waals surface area contributed by atoms with E-state index in [0.717, 1.165) is 24.4 Å². The first kappa shape index (κ1) is 21.5. The van der Waals surface area contributed by atoms with Crippen LogP contribution in [-0.2, 0) is 11.8 Å². The Balaban J connectivity index is 1.47. The first-order valence-corrected chi connectivity index (χ1v) is 10.7. The number of benzene rings is 1. The van der Waals surface area contributed by atoms with Crippen molar-refractivity contribution in [2.24, 2.45) is 7.05 Å². The third-order valence-corrected chi connectivity index (χ3v) is 5.67. The molecule has 1 fully saturated rings. The van der Waals surface area contributed by atoms with E-state index in [1.54, 1.807) is 17.9 Å². The van der Waals surface area contributed by atoms with E-state index in [-0.39, 0.29) is 11.9 Å². The zero-order chi connectivity index (χ0) is 22.7. The quantitative estimate of drug-likeness (QED) is 0.615. The summed E-state index contributed by atoms with van der Waals surface area (Å²) in [7, 11) is 1.92. The Morgan fingerprint density at radius 1 is 1.31 bits per heavy atom. The van der Waals surface area contributed by atoms with E-state index in [4.69, 9.17) is 4.74 Å². The van der Waals surface area contributed by atoms with Gasteiger partial charge in [0.25, 0.3) is 0 Å². The molecule has 168 valence electrons. The van der Waals surface area contributed by atoms with Gasteiger partial charge in [0.2, 0.25) is 0 Å². The fourth-order valence-electron chi connectivity index (χ4n) is 4.03. The van der Waals surface area contributed by atoms with Gasteiger partial charge in [0.1, 0.15) is 17.7 Å². The second kappa shape index (κ2) is 9.21. The number of nitrogens with zero attached hydrogens (tertiary/aromatic N) is 6. The highest BCUT2D eigenvalue weighted by molar-refractivity contribution is 5.91. The second-order valence-electron chi connectivity index (χ2n) is 7.84. The normalized spacial score (nSPS) is 16.1. The number of carbonyl (C=O) groups is 2. The minimum Gasteiger partial charge on any atom is -0.462 e. The lowest BCUT2D eigenvalue weighted by Gasteiger charge is -2.32. The summed E-state index contributed by atoms with van der Waals surface area (Å²) in [5.74, 6) is 0.667. The van der Waals surface area contributed by atoms with E-state index in [9.17, 15) is 9.59 Å². The summed E-state index contributed by atoms with van der Waals surface area (Å²) in [5.41, 5.74) is 2.49. The van der Waals surface area contributed by atoms with Crippen LogP contribution in [0.5, 0.6) is 0 Å². The van der Waals surface area contributed by atoms with Gasteiger partial charge in [-0.15, -0.1) is 10.2 Å². The van der Waals surface area contributed by atoms with Gasteiger partial charge in [-0.2, -0.15) is 5.10 Å². The van der Waals surface area contributed by atoms with E-state index >= 15 is 0 Å². The number of hydrogen-bond acceptors (Lipinski definition) is 6. The molecule has 0 unspecified atom stereocenters. The van der Waals surface area contributed by atoms with Crippen molar-refractivity contribution in [3.05, 3.63) is 53.9 Å². The van der Waals surface area contributed by atoms with Gasteiger partial charge < -0.3 is 19.5 Å². The highest BCUT2D eigenvalue weighted by Crippen LogP contribution is 2.26. The number of hydrogen-bond donors (Lipinski definition) is 1. The topological polar surface area (TPSA) is 107 Å². The molecule has 3 aromatic rings. The van der Waals surface area contributed by atoms with Gasteiger partial charge in [0.15, 0.2) is 0 Å². The third kappa shape index (κ3) is 4.34. The first-order chi connectivity index (χ1) is 15.5. The Labute approximate surface area is 186 Å². The molecule has 0 spiro atoms. The SMILES string of the molecule is CCOC(=O)c1cnn(-c2cccc(NC(=O)N3CCC[C@H](c4nncn4C)C3)c2)c1C. The van der Waals surface area contributed by atoms with E-state index in [1.165, 1.54) is 6.20 Å². The van der Waals surface area contributed by atoms with Crippen LogP contribution in [0.3, 0.4) is 0 Å².